The van der Waals surface area contributed by atoms with Gasteiger partial charge in [0.2, 0.25) is 0 Å². The van der Waals surface area contributed by atoms with Gasteiger partial charge in [0.1, 0.15) is 5.69 Å². The second kappa shape index (κ2) is 5.57. The Morgan fingerprint density at radius 1 is 1.26 bits per heavy atom. The van der Waals surface area contributed by atoms with Gasteiger partial charge in [-0.15, -0.1) is 0 Å². The number of hydrogen-bond donors (Lipinski definition) is 2. The van der Waals surface area contributed by atoms with E-state index < -0.39 is 5.97 Å². The normalized spacial score (nSPS) is 9.95. The molecule has 0 aliphatic carbocycles. The summed E-state index contributed by atoms with van der Waals surface area (Å²) in [6.07, 6.45) is 4.30. The van der Waals surface area contributed by atoms with Crippen molar-refractivity contribution in [2.45, 2.75) is 0 Å². The van der Waals surface area contributed by atoms with Crippen molar-refractivity contribution >= 4 is 33.5 Å². The number of anilines is 1. The molecule has 0 unspecified atom stereocenters. The van der Waals surface area contributed by atoms with Crippen molar-refractivity contribution in [1.29, 1.82) is 0 Å². The quantitative estimate of drug-likeness (QED) is 0.904. The van der Waals surface area contributed by atoms with Crippen LogP contribution in [0.15, 0.2) is 41.3 Å². The molecule has 1 amide bonds. The number of aromatic nitrogens is 2. The average molecular weight is 322 g/mol. The maximum absolute atomic E-state index is 11.9. The Kier molecular flexibility index (Phi) is 3.86. The van der Waals surface area contributed by atoms with Crippen molar-refractivity contribution in [3.05, 3.63) is 52.5 Å². The molecule has 0 aromatic carbocycles. The predicted molar refractivity (Wildman–Crippen MR) is 71.1 cm³/mol. The van der Waals surface area contributed by atoms with Crippen molar-refractivity contribution in [1.82, 2.24) is 9.97 Å². The number of carboxylic acids is 1. The molecule has 2 N–H and O–H groups in total. The molecule has 2 rings (SSSR count). The van der Waals surface area contributed by atoms with Crippen molar-refractivity contribution < 1.29 is 14.7 Å². The fourth-order valence-corrected chi connectivity index (χ4v) is 1.73. The summed E-state index contributed by atoms with van der Waals surface area (Å²) in [6.45, 7) is 0. The number of nitrogens with zero attached hydrogens (tertiary/aromatic N) is 2. The molecule has 7 heteroatoms. The lowest BCUT2D eigenvalue weighted by Crippen LogP contribution is -2.13. The topological polar surface area (TPSA) is 92.2 Å². The number of pyridine rings is 2. The van der Waals surface area contributed by atoms with E-state index in [1.165, 1.54) is 24.5 Å². The number of aromatic carboxylic acids is 1. The van der Waals surface area contributed by atoms with Crippen LogP contribution in [0.25, 0.3) is 0 Å². The SMILES string of the molecule is O=C(Nc1ccnc(C(=O)O)c1)c1cncc(Br)c1. The summed E-state index contributed by atoms with van der Waals surface area (Å²) in [7, 11) is 0. The minimum atomic E-state index is -1.15. The molecule has 2 heterocycles. The Morgan fingerprint density at radius 3 is 2.74 bits per heavy atom. The first-order valence-electron chi connectivity index (χ1n) is 5.17. The maximum Gasteiger partial charge on any atom is 0.354 e. The molecular formula is C12H8BrN3O3. The van der Waals surface area contributed by atoms with Crippen LogP contribution in [0, 0.1) is 0 Å². The molecule has 96 valence electrons. The lowest BCUT2D eigenvalue weighted by Gasteiger charge is -2.05. The van der Waals surface area contributed by atoms with Crippen LogP contribution < -0.4 is 5.32 Å². The van der Waals surface area contributed by atoms with Gasteiger partial charge in [-0.2, -0.15) is 0 Å². The number of halogens is 1. The molecule has 0 aliphatic rings. The largest absolute Gasteiger partial charge is 0.477 e. The van der Waals surface area contributed by atoms with Crippen LogP contribution in [0.4, 0.5) is 5.69 Å². The van der Waals surface area contributed by atoms with Crippen LogP contribution in [-0.4, -0.2) is 27.0 Å². The van der Waals surface area contributed by atoms with Crippen LogP contribution in [0.2, 0.25) is 0 Å². The van der Waals surface area contributed by atoms with Crippen LogP contribution in [0.5, 0.6) is 0 Å². The summed E-state index contributed by atoms with van der Waals surface area (Å²) < 4.78 is 0.682. The number of amides is 1. The third-order valence-electron chi connectivity index (χ3n) is 2.20. The standard InChI is InChI=1S/C12H8BrN3O3/c13-8-3-7(5-14-6-8)11(17)16-9-1-2-15-10(4-9)12(18)19/h1-6H,(H,18,19)(H,15,16,17). The molecule has 0 atom stereocenters. The smallest absolute Gasteiger partial charge is 0.354 e. The highest BCUT2D eigenvalue weighted by molar-refractivity contribution is 9.10. The first-order valence-corrected chi connectivity index (χ1v) is 5.97. The third-order valence-corrected chi connectivity index (χ3v) is 2.64. The van der Waals surface area contributed by atoms with Crippen molar-refractivity contribution in [2.24, 2.45) is 0 Å². The minimum absolute atomic E-state index is 0.134. The molecule has 6 nitrogen and oxygen atoms in total. The third kappa shape index (κ3) is 3.35. The van der Waals surface area contributed by atoms with Gasteiger partial charge >= 0.3 is 5.97 Å². The molecule has 0 fully saturated rings. The van der Waals surface area contributed by atoms with Gasteiger partial charge in [0, 0.05) is 28.8 Å². The Balaban J connectivity index is 2.19. The monoisotopic (exact) mass is 321 g/mol. The Bertz CT molecular complexity index is 646. The van der Waals surface area contributed by atoms with Crippen molar-refractivity contribution in [2.75, 3.05) is 5.32 Å². The van der Waals surface area contributed by atoms with Crippen molar-refractivity contribution in [3.8, 4) is 0 Å². The fourth-order valence-electron chi connectivity index (χ4n) is 1.36. The van der Waals surface area contributed by atoms with E-state index in [4.69, 9.17) is 5.11 Å². The molecule has 0 bridgehead atoms. The summed E-state index contributed by atoms with van der Waals surface area (Å²) in [5.74, 6) is -1.53. The fraction of sp³-hybridized carbons (Fsp3) is 0. The van der Waals surface area contributed by atoms with E-state index in [0.29, 0.717) is 15.7 Å². The van der Waals surface area contributed by atoms with E-state index in [1.54, 1.807) is 12.3 Å². The number of carbonyl (C=O) groups excluding carboxylic acids is 1. The summed E-state index contributed by atoms with van der Waals surface area (Å²) in [5.41, 5.74) is 0.589. The zero-order chi connectivity index (χ0) is 13.8. The van der Waals surface area contributed by atoms with E-state index in [-0.39, 0.29) is 11.6 Å². The summed E-state index contributed by atoms with van der Waals surface area (Å²) in [4.78, 5) is 30.2. The zero-order valence-electron chi connectivity index (χ0n) is 9.50. The first-order chi connectivity index (χ1) is 9.06. The van der Waals surface area contributed by atoms with Crippen LogP contribution in [-0.2, 0) is 0 Å². The van der Waals surface area contributed by atoms with E-state index >= 15 is 0 Å². The average Bonchev–Trinajstić information content (AvgIpc) is 2.39. The zero-order valence-corrected chi connectivity index (χ0v) is 11.1. The highest BCUT2D eigenvalue weighted by Crippen LogP contribution is 2.13. The Morgan fingerprint density at radius 2 is 2.05 bits per heavy atom. The van der Waals surface area contributed by atoms with Gasteiger partial charge in [0.15, 0.2) is 0 Å². The summed E-state index contributed by atoms with van der Waals surface area (Å²) >= 11 is 3.22. The maximum atomic E-state index is 11.9. The van der Waals surface area contributed by atoms with E-state index in [9.17, 15) is 9.59 Å². The van der Waals surface area contributed by atoms with Crippen molar-refractivity contribution in [3.63, 3.8) is 0 Å². The van der Waals surface area contributed by atoms with Gasteiger partial charge in [0.05, 0.1) is 5.56 Å². The second-order valence-electron chi connectivity index (χ2n) is 3.58. The van der Waals surface area contributed by atoms with Gasteiger partial charge in [0.25, 0.3) is 5.91 Å². The van der Waals surface area contributed by atoms with Crippen LogP contribution in [0.1, 0.15) is 20.8 Å². The van der Waals surface area contributed by atoms with Gasteiger partial charge in [-0.1, -0.05) is 0 Å². The number of hydrogen-bond acceptors (Lipinski definition) is 4. The molecule has 0 radical (unpaired) electrons. The molecule has 0 spiro atoms. The van der Waals surface area contributed by atoms with Gasteiger partial charge < -0.3 is 10.4 Å². The highest BCUT2D eigenvalue weighted by Gasteiger charge is 2.09. The molecule has 19 heavy (non-hydrogen) atoms. The number of rotatable bonds is 3. The molecule has 2 aromatic heterocycles. The van der Waals surface area contributed by atoms with E-state index in [0.717, 1.165) is 0 Å². The number of carbonyl (C=O) groups is 2. The molecule has 0 saturated carbocycles. The summed E-state index contributed by atoms with van der Waals surface area (Å²) in [5, 5.41) is 11.4. The van der Waals surface area contributed by atoms with Gasteiger partial charge in [-0.05, 0) is 34.1 Å². The van der Waals surface area contributed by atoms with Gasteiger partial charge in [-0.3, -0.25) is 9.78 Å². The van der Waals surface area contributed by atoms with Crippen LogP contribution >= 0.6 is 15.9 Å². The first kappa shape index (κ1) is 13.2. The Labute approximate surface area is 116 Å². The highest BCUT2D eigenvalue weighted by atomic mass is 79.9. The predicted octanol–water partition coefficient (Wildman–Crippen LogP) is 2.19. The van der Waals surface area contributed by atoms with Gasteiger partial charge in [-0.25, -0.2) is 9.78 Å². The molecule has 0 aliphatic heterocycles. The van der Waals surface area contributed by atoms with E-state index in [1.807, 2.05) is 0 Å². The van der Waals surface area contributed by atoms with Crippen LogP contribution in [0.3, 0.4) is 0 Å². The number of carboxylic acid groups (broad SMARTS) is 1. The minimum Gasteiger partial charge on any atom is -0.477 e. The lowest BCUT2D eigenvalue weighted by atomic mass is 10.2. The molecular weight excluding hydrogens is 314 g/mol. The lowest BCUT2D eigenvalue weighted by molar-refractivity contribution is 0.0690. The second-order valence-corrected chi connectivity index (χ2v) is 4.50. The number of nitrogens with one attached hydrogen (secondary N) is 1. The Hall–Kier alpha value is -2.28. The molecule has 2 aromatic rings. The van der Waals surface area contributed by atoms with E-state index in [2.05, 4.69) is 31.2 Å². The summed E-state index contributed by atoms with van der Waals surface area (Å²) in [6, 6.07) is 4.41. The molecule has 0 saturated heterocycles.